The first-order valence-electron chi connectivity index (χ1n) is 8.69. The van der Waals surface area contributed by atoms with Crippen molar-refractivity contribution in [2.24, 2.45) is 0 Å². The van der Waals surface area contributed by atoms with Crippen LogP contribution in [0.3, 0.4) is 0 Å². The summed E-state index contributed by atoms with van der Waals surface area (Å²) in [6, 6.07) is 7.38. The van der Waals surface area contributed by atoms with E-state index >= 15 is 0 Å². The smallest absolute Gasteiger partial charge is 0.121 e. The number of para-hydroxylation sites is 1. The van der Waals surface area contributed by atoms with E-state index in [-0.39, 0.29) is 0 Å². The van der Waals surface area contributed by atoms with Crippen molar-refractivity contribution in [2.75, 3.05) is 6.61 Å². The van der Waals surface area contributed by atoms with Gasteiger partial charge in [0.15, 0.2) is 0 Å². The number of hydrogen-bond acceptors (Lipinski definition) is 2. The monoisotopic (exact) mass is 292 g/mol. The molecule has 1 N–H and O–H groups in total. The van der Waals surface area contributed by atoms with Gasteiger partial charge in [0.1, 0.15) is 5.75 Å². The molecule has 0 aromatic heterocycles. The van der Waals surface area contributed by atoms with E-state index in [1.54, 1.807) is 6.07 Å². The Morgan fingerprint density at radius 3 is 2.00 bits per heavy atom. The van der Waals surface area contributed by atoms with Gasteiger partial charge in [0, 0.05) is 12.2 Å². The van der Waals surface area contributed by atoms with Gasteiger partial charge in [-0.15, -0.1) is 0 Å². The molecule has 0 fully saturated rings. The molecule has 0 radical (unpaired) electrons. The van der Waals surface area contributed by atoms with Gasteiger partial charge in [0.05, 0.1) is 6.61 Å². The molecule has 0 atom stereocenters. The second-order valence-electron chi connectivity index (χ2n) is 5.86. The summed E-state index contributed by atoms with van der Waals surface area (Å²) < 4.78 is 5.61. The SMILES string of the molecule is CCCCCCCCCCCCOCc1ccccc1O. The Kier molecular flexibility index (Phi) is 10.9. The zero-order chi connectivity index (χ0) is 15.2. The fourth-order valence-corrected chi connectivity index (χ4v) is 2.51. The molecular formula is C19H32O2. The van der Waals surface area contributed by atoms with Crippen LogP contribution in [0.15, 0.2) is 24.3 Å². The maximum atomic E-state index is 9.61. The summed E-state index contributed by atoms with van der Waals surface area (Å²) in [5.41, 5.74) is 0.879. The summed E-state index contributed by atoms with van der Waals surface area (Å²) in [4.78, 5) is 0. The molecule has 0 unspecified atom stereocenters. The standard InChI is InChI=1S/C19H32O2/c1-2-3-4-5-6-7-8-9-10-13-16-21-17-18-14-11-12-15-19(18)20/h11-12,14-15,20H,2-10,13,16-17H2,1H3. The van der Waals surface area contributed by atoms with Crippen molar-refractivity contribution in [3.05, 3.63) is 29.8 Å². The van der Waals surface area contributed by atoms with Crippen LogP contribution in [0.4, 0.5) is 0 Å². The Balaban J connectivity index is 1.84. The highest BCUT2D eigenvalue weighted by molar-refractivity contribution is 5.30. The van der Waals surface area contributed by atoms with Crippen molar-refractivity contribution in [3.63, 3.8) is 0 Å². The van der Waals surface area contributed by atoms with Gasteiger partial charge in [0.25, 0.3) is 0 Å². The number of phenols is 1. The first-order chi connectivity index (χ1) is 10.3. The van der Waals surface area contributed by atoms with Crippen molar-refractivity contribution < 1.29 is 9.84 Å². The van der Waals surface area contributed by atoms with Gasteiger partial charge in [0.2, 0.25) is 0 Å². The Morgan fingerprint density at radius 2 is 1.38 bits per heavy atom. The highest BCUT2D eigenvalue weighted by Crippen LogP contribution is 2.16. The summed E-state index contributed by atoms with van der Waals surface area (Å²) in [6.07, 6.45) is 13.4. The van der Waals surface area contributed by atoms with Crippen LogP contribution in [-0.2, 0) is 11.3 Å². The topological polar surface area (TPSA) is 29.5 Å². The van der Waals surface area contributed by atoms with Gasteiger partial charge in [-0.1, -0.05) is 82.9 Å². The quantitative estimate of drug-likeness (QED) is 0.463. The largest absolute Gasteiger partial charge is 0.508 e. The van der Waals surface area contributed by atoms with Crippen LogP contribution in [0.25, 0.3) is 0 Å². The molecule has 1 aromatic carbocycles. The van der Waals surface area contributed by atoms with Crippen molar-refractivity contribution in [2.45, 2.75) is 77.7 Å². The number of phenolic OH excluding ortho intramolecular Hbond substituents is 1. The van der Waals surface area contributed by atoms with E-state index in [9.17, 15) is 5.11 Å². The minimum atomic E-state index is 0.334. The van der Waals surface area contributed by atoms with E-state index in [1.807, 2.05) is 18.2 Å². The average Bonchev–Trinajstić information content (AvgIpc) is 2.50. The van der Waals surface area contributed by atoms with Gasteiger partial charge in [-0.25, -0.2) is 0 Å². The molecule has 0 spiro atoms. The van der Waals surface area contributed by atoms with Crippen molar-refractivity contribution >= 4 is 0 Å². The van der Waals surface area contributed by atoms with E-state index in [0.29, 0.717) is 12.4 Å². The van der Waals surface area contributed by atoms with Crippen molar-refractivity contribution in [3.8, 4) is 5.75 Å². The first kappa shape index (κ1) is 18.0. The van der Waals surface area contributed by atoms with Gasteiger partial charge in [-0.05, 0) is 12.5 Å². The summed E-state index contributed by atoms with van der Waals surface area (Å²) >= 11 is 0. The molecule has 0 heterocycles. The molecule has 2 nitrogen and oxygen atoms in total. The van der Waals surface area contributed by atoms with Crippen LogP contribution in [0.5, 0.6) is 5.75 Å². The Bertz CT molecular complexity index is 349. The molecule has 0 saturated heterocycles. The normalized spacial score (nSPS) is 10.9. The molecule has 21 heavy (non-hydrogen) atoms. The van der Waals surface area contributed by atoms with Gasteiger partial charge in [-0.3, -0.25) is 0 Å². The van der Waals surface area contributed by atoms with E-state index in [0.717, 1.165) is 18.6 Å². The minimum Gasteiger partial charge on any atom is -0.508 e. The molecule has 0 saturated carbocycles. The second kappa shape index (κ2) is 12.7. The molecular weight excluding hydrogens is 260 g/mol. The fourth-order valence-electron chi connectivity index (χ4n) is 2.51. The maximum absolute atomic E-state index is 9.61. The van der Waals surface area contributed by atoms with Crippen LogP contribution in [0.1, 0.15) is 76.7 Å². The number of ether oxygens (including phenoxy) is 1. The molecule has 120 valence electrons. The predicted molar refractivity (Wildman–Crippen MR) is 89.6 cm³/mol. The Labute approximate surface area is 130 Å². The number of unbranched alkanes of at least 4 members (excludes halogenated alkanes) is 9. The molecule has 0 bridgehead atoms. The summed E-state index contributed by atoms with van der Waals surface area (Å²) in [5.74, 6) is 0.334. The zero-order valence-corrected chi connectivity index (χ0v) is 13.7. The fraction of sp³-hybridized carbons (Fsp3) is 0.684. The van der Waals surface area contributed by atoms with E-state index in [2.05, 4.69) is 6.92 Å². The molecule has 1 rings (SSSR count). The summed E-state index contributed by atoms with van der Waals surface area (Å²) in [7, 11) is 0. The van der Waals surface area contributed by atoms with Crippen molar-refractivity contribution in [1.82, 2.24) is 0 Å². The molecule has 1 aromatic rings. The van der Waals surface area contributed by atoms with Crippen LogP contribution >= 0.6 is 0 Å². The highest BCUT2D eigenvalue weighted by atomic mass is 16.5. The van der Waals surface area contributed by atoms with E-state index < -0.39 is 0 Å². The molecule has 0 aliphatic carbocycles. The Morgan fingerprint density at radius 1 is 0.810 bits per heavy atom. The number of benzene rings is 1. The third-order valence-corrected chi connectivity index (χ3v) is 3.89. The third-order valence-electron chi connectivity index (χ3n) is 3.89. The van der Waals surface area contributed by atoms with E-state index in [4.69, 9.17) is 4.74 Å². The predicted octanol–water partition coefficient (Wildman–Crippen LogP) is 5.83. The third kappa shape index (κ3) is 9.52. The molecule has 2 heteroatoms. The average molecular weight is 292 g/mol. The lowest BCUT2D eigenvalue weighted by atomic mass is 10.1. The van der Waals surface area contributed by atoms with E-state index in [1.165, 1.54) is 57.8 Å². The van der Waals surface area contributed by atoms with Gasteiger partial charge in [-0.2, -0.15) is 0 Å². The maximum Gasteiger partial charge on any atom is 0.121 e. The lowest BCUT2D eigenvalue weighted by molar-refractivity contribution is 0.115. The number of aromatic hydroxyl groups is 1. The van der Waals surface area contributed by atoms with Crippen molar-refractivity contribution in [1.29, 1.82) is 0 Å². The van der Waals surface area contributed by atoms with Crippen LogP contribution < -0.4 is 0 Å². The highest BCUT2D eigenvalue weighted by Gasteiger charge is 1.99. The Hall–Kier alpha value is -1.02. The lowest BCUT2D eigenvalue weighted by Gasteiger charge is -2.06. The number of rotatable bonds is 13. The van der Waals surface area contributed by atoms with Gasteiger partial charge < -0.3 is 9.84 Å². The van der Waals surface area contributed by atoms with Crippen LogP contribution in [0.2, 0.25) is 0 Å². The van der Waals surface area contributed by atoms with Crippen LogP contribution in [-0.4, -0.2) is 11.7 Å². The second-order valence-corrected chi connectivity index (χ2v) is 5.86. The summed E-state index contributed by atoms with van der Waals surface area (Å²) in [5, 5.41) is 9.61. The van der Waals surface area contributed by atoms with Crippen LogP contribution in [0, 0.1) is 0 Å². The zero-order valence-electron chi connectivity index (χ0n) is 13.7. The number of hydrogen-bond donors (Lipinski definition) is 1. The van der Waals surface area contributed by atoms with Gasteiger partial charge >= 0.3 is 0 Å². The first-order valence-corrected chi connectivity index (χ1v) is 8.69. The molecule has 0 aliphatic rings. The molecule has 0 amide bonds. The lowest BCUT2D eigenvalue weighted by Crippen LogP contribution is -1.96. The molecule has 0 aliphatic heterocycles. The minimum absolute atomic E-state index is 0.334. The summed E-state index contributed by atoms with van der Waals surface area (Å²) in [6.45, 7) is 3.58.